The summed E-state index contributed by atoms with van der Waals surface area (Å²) in [5.74, 6) is 0. The average molecular weight is 399 g/mol. The number of fused-ring (bicyclic) bond motifs is 1. The molecule has 3 aromatic rings. The zero-order valence-electron chi connectivity index (χ0n) is 14.1. The van der Waals surface area contributed by atoms with Gasteiger partial charge in [-0.1, -0.05) is 0 Å². The molecule has 1 aromatic carbocycles. The highest BCUT2D eigenvalue weighted by molar-refractivity contribution is 8.01. The van der Waals surface area contributed by atoms with Crippen molar-refractivity contribution in [2.24, 2.45) is 0 Å². The van der Waals surface area contributed by atoms with Gasteiger partial charge >= 0.3 is 0 Å². The number of hydrogen-bond acceptors (Lipinski definition) is 9. The van der Waals surface area contributed by atoms with Crippen LogP contribution in [-0.2, 0) is 16.4 Å². The first-order chi connectivity index (χ1) is 11.8. The molecule has 0 fully saturated rings. The molecule has 2 aromatic heterocycles. The van der Waals surface area contributed by atoms with Gasteiger partial charge in [0.2, 0.25) is 5.16 Å². The normalized spacial score (nSPS) is 12.3. The van der Waals surface area contributed by atoms with Gasteiger partial charge < -0.3 is 4.90 Å². The molecule has 8 nitrogen and oxygen atoms in total. The third-order valence-corrected chi connectivity index (χ3v) is 6.59. The Kier molecular flexibility index (Phi) is 5.37. The van der Waals surface area contributed by atoms with Crippen LogP contribution in [0.25, 0.3) is 10.2 Å². The molecule has 11 heteroatoms. The van der Waals surface area contributed by atoms with Gasteiger partial charge in [0.15, 0.2) is 14.2 Å². The van der Waals surface area contributed by atoms with Crippen LogP contribution >= 0.6 is 23.1 Å². The Morgan fingerprint density at radius 3 is 2.84 bits per heavy atom. The average Bonchev–Trinajstić information content (AvgIpc) is 3.12. The monoisotopic (exact) mass is 398 g/mol. The van der Waals surface area contributed by atoms with E-state index in [9.17, 15) is 8.42 Å². The lowest BCUT2D eigenvalue weighted by Gasteiger charge is -2.08. The number of aromatic nitrogens is 5. The molecule has 0 aliphatic carbocycles. The van der Waals surface area contributed by atoms with Gasteiger partial charge in [-0.25, -0.2) is 18.1 Å². The van der Waals surface area contributed by atoms with Gasteiger partial charge in [-0.3, -0.25) is 0 Å². The molecule has 0 aliphatic heterocycles. The Labute approximate surface area is 154 Å². The van der Waals surface area contributed by atoms with Gasteiger partial charge in [0.05, 0.1) is 15.1 Å². The van der Waals surface area contributed by atoms with Crippen LogP contribution in [0.3, 0.4) is 0 Å². The third kappa shape index (κ3) is 4.54. The fourth-order valence-corrected chi connectivity index (χ4v) is 4.91. The number of benzene rings is 1. The van der Waals surface area contributed by atoms with E-state index in [4.69, 9.17) is 0 Å². The number of hydrogen-bond donors (Lipinski definition) is 0. The number of sulfone groups is 1. The molecule has 0 amide bonds. The summed E-state index contributed by atoms with van der Waals surface area (Å²) in [5.41, 5.74) is 0.770. The Balaban J connectivity index is 1.78. The van der Waals surface area contributed by atoms with E-state index in [-0.39, 0.29) is 0 Å². The molecule has 25 heavy (non-hydrogen) atoms. The highest BCUT2D eigenvalue weighted by Crippen LogP contribution is 2.34. The molecule has 0 radical (unpaired) electrons. The molecule has 2 heterocycles. The minimum Gasteiger partial charge on any atom is -0.309 e. The van der Waals surface area contributed by atoms with Crippen molar-refractivity contribution in [1.29, 1.82) is 0 Å². The molecule has 0 spiro atoms. The number of nitrogens with zero attached hydrogens (tertiary/aromatic N) is 6. The predicted molar refractivity (Wildman–Crippen MR) is 97.8 cm³/mol. The second-order valence-electron chi connectivity index (χ2n) is 5.82. The molecule has 0 atom stereocenters. The number of thiazole rings is 1. The van der Waals surface area contributed by atoms with E-state index < -0.39 is 9.84 Å². The maximum absolute atomic E-state index is 11.7. The number of aryl methyl sites for hydroxylation is 1. The van der Waals surface area contributed by atoms with Crippen molar-refractivity contribution in [3.63, 3.8) is 0 Å². The van der Waals surface area contributed by atoms with Gasteiger partial charge in [0.25, 0.3) is 0 Å². The summed E-state index contributed by atoms with van der Waals surface area (Å²) >= 11 is 2.82. The fraction of sp³-hybridized carbons (Fsp3) is 0.429. The Morgan fingerprint density at radius 2 is 2.12 bits per heavy atom. The summed E-state index contributed by atoms with van der Waals surface area (Å²) < 4.78 is 26.7. The molecule has 134 valence electrons. The molecule has 0 bridgehead atoms. The van der Waals surface area contributed by atoms with Gasteiger partial charge in [-0.15, -0.1) is 16.4 Å². The van der Waals surface area contributed by atoms with Gasteiger partial charge in [-0.05, 0) is 67.4 Å². The summed E-state index contributed by atoms with van der Waals surface area (Å²) in [7, 11) is 0.830. The summed E-state index contributed by atoms with van der Waals surface area (Å²) in [6.45, 7) is 1.69. The van der Waals surface area contributed by atoms with Crippen molar-refractivity contribution in [2.75, 3.05) is 26.9 Å². The van der Waals surface area contributed by atoms with Crippen LogP contribution < -0.4 is 0 Å². The number of rotatable bonds is 7. The summed E-state index contributed by atoms with van der Waals surface area (Å²) in [5, 5.41) is 12.5. The molecule has 3 rings (SSSR count). The van der Waals surface area contributed by atoms with E-state index in [1.54, 1.807) is 22.9 Å². The quantitative estimate of drug-likeness (QED) is 0.595. The number of tetrazole rings is 1. The highest BCUT2D eigenvalue weighted by atomic mass is 32.2. The first-order valence-corrected chi connectivity index (χ1v) is 11.0. The lowest BCUT2D eigenvalue weighted by atomic mass is 10.3. The highest BCUT2D eigenvalue weighted by Gasteiger charge is 2.14. The maximum atomic E-state index is 11.7. The van der Waals surface area contributed by atoms with Gasteiger partial charge in [0, 0.05) is 12.8 Å². The molecule has 0 N–H and O–H groups in total. The van der Waals surface area contributed by atoms with Crippen molar-refractivity contribution in [2.45, 2.75) is 27.4 Å². The van der Waals surface area contributed by atoms with E-state index in [0.29, 0.717) is 10.1 Å². The van der Waals surface area contributed by atoms with Crippen molar-refractivity contribution in [3.8, 4) is 0 Å². The van der Waals surface area contributed by atoms with E-state index >= 15 is 0 Å². The maximum Gasteiger partial charge on any atom is 0.216 e. The Morgan fingerprint density at radius 1 is 1.32 bits per heavy atom. The second kappa shape index (κ2) is 7.36. The van der Waals surface area contributed by atoms with Crippen LogP contribution in [0, 0.1) is 0 Å². The van der Waals surface area contributed by atoms with Crippen molar-refractivity contribution in [3.05, 3.63) is 18.2 Å². The van der Waals surface area contributed by atoms with Crippen molar-refractivity contribution >= 4 is 43.2 Å². The van der Waals surface area contributed by atoms with Crippen LogP contribution in [0.5, 0.6) is 0 Å². The Hall–Kier alpha value is -1.56. The molecule has 0 unspecified atom stereocenters. The summed E-state index contributed by atoms with van der Waals surface area (Å²) in [6, 6.07) is 4.97. The van der Waals surface area contributed by atoms with Gasteiger partial charge in [-0.2, -0.15) is 0 Å². The van der Waals surface area contributed by atoms with Crippen LogP contribution in [0.15, 0.2) is 32.6 Å². The minimum absolute atomic E-state index is 0.300. The van der Waals surface area contributed by atoms with E-state index in [2.05, 4.69) is 25.4 Å². The fourth-order valence-electron chi connectivity index (χ4n) is 2.18. The topological polar surface area (TPSA) is 93.9 Å². The minimum atomic E-state index is -3.23. The van der Waals surface area contributed by atoms with Crippen LogP contribution in [-0.4, -0.2) is 65.4 Å². The zero-order valence-corrected chi connectivity index (χ0v) is 16.5. The third-order valence-electron chi connectivity index (χ3n) is 3.42. The van der Waals surface area contributed by atoms with Crippen molar-refractivity contribution in [1.82, 2.24) is 30.1 Å². The molecule has 0 saturated heterocycles. The first kappa shape index (κ1) is 18.2. The largest absolute Gasteiger partial charge is 0.309 e. The van der Waals surface area contributed by atoms with Crippen LogP contribution in [0.1, 0.15) is 6.42 Å². The lowest BCUT2D eigenvalue weighted by molar-refractivity contribution is 0.373. The summed E-state index contributed by atoms with van der Waals surface area (Å²) in [6.07, 6.45) is 2.15. The van der Waals surface area contributed by atoms with E-state index in [1.165, 1.54) is 29.4 Å². The molecular weight excluding hydrogens is 380 g/mol. The molecule has 0 aliphatic rings. The van der Waals surface area contributed by atoms with E-state index in [1.807, 2.05) is 14.1 Å². The van der Waals surface area contributed by atoms with E-state index in [0.717, 1.165) is 34.1 Å². The standard InChI is InChI=1S/C14H18N6O2S3/c1-19(2)7-4-8-20-13(16-17-18-20)24-14-15-11-6-5-10(25(3,21)22)9-12(11)23-14/h5-6,9H,4,7-8H2,1-3H3. The summed E-state index contributed by atoms with van der Waals surface area (Å²) in [4.78, 5) is 6.94. The van der Waals surface area contributed by atoms with Gasteiger partial charge in [0.1, 0.15) is 0 Å². The first-order valence-electron chi connectivity index (χ1n) is 7.52. The SMILES string of the molecule is CN(C)CCCn1nnnc1Sc1nc2ccc(S(C)(=O)=O)cc2s1. The zero-order chi connectivity index (χ0) is 18.0. The molecule has 0 saturated carbocycles. The van der Waals surface area contributed by atoms with Crippen LogP contribution in [0.2, 0.25) is 0 Å². The second-order valence-corrected chi connectivity index (χ2v) is 10.1. The predicted octanol–water partition coefficient (Wildman–Crippen LogP) is 1.79. The van der Waals surface area contributed by atoms with Crippen LogP contribution in [0.4, 0.5) is 0 Å². The Bertz CT molecular complexity index is 980. The lowest BCUT2D eigenvalue weighted by Crippen LogP contribution is -2.15. The smallest absolute Gasteiger partial charge is 0.216 e. The molecular formula is C14H18N6O2S3. The van der Waals surface area contributed by atoms with Crippen molar-refractivity contribution < 1.29 is 8.42 Å².